The summed E-state index contributed by atoms with van der Waals surface area (Å²) in [4.78, 5) is 9.46. The van der Waals surface area contributed by atoms with Gasteiger partial charge in [-0.25, -0.2) is 10.8 Å². The Hall–Kier alpha value is -0.810. The number of hydrogen-bond donors (Lipinski definition) is 2. The van der Waals surface area contributed by atoms with Crippen molar-refractivity contribution in [2.45, 2.75) is 45.2 Å². The standard InChI is InChI=1S/C12H25N5/c1-10(2)14-12(15-13)17-8-7-16-6-4-3-5-11(16)9-17/h10-11H,3-9,13H2,1-2H3,(H,14,15). The van der Waals surface area contributed by atoms with Gasteiger partial charge in [0, 0.05) is 31.7 Å². The molecule has 2 aliphatic heterocycles. The first-order valence-electron chi connectivity index (χ1n) is 6.74. The smallest absolute Gasteiger partial charge is 0.208 e. The second kappa shape index (κ2) is 5.69. The zero-order valence-corrected chi connectivity index (χ0v) is 11.0. The molecule has 0 aromatic heterocycles. The lowest BCUT2D eigenvalue weighted by atomic mass is 10.00. The second-order valence-corrected chi connectivity index (χ2v) is 5.32. The van der Waals surface area contributed by atoms with Gasteiger partial charge < -0.3 is 4.90 Å². The molecule has 2 saturated heterocycles. The minimum absolute atomic E-state index is 0.283. The van der Waals surface area contributed by atoms with Gasteiger partial charge in [-0.3, -0.25) is 10.3 Å². The number of fused-ring (bicyclic) bond motifs is 1. The Morgan fingerprint density at radius 1 is 1.29 bits per heavy atom. The highest BCUT2D eigenvalue weighted by atomic mass is 15.4. The predicted octanol–water partition coefficient (Wildman–Crippen LogP) is 0.384. The highest BCUT2D eigenvalue weighted by Gasteiger charge is 2.30. The van der Waals surface area contributed by atoms with Crippen LogP contribution in [0.1, 0.15) is 33.1 Å². The Morgan fingerprint density at radius 2 is 2.12 bits per heavy atom. The quantitative estimate of drug-likeness (QED) is 0.301. The molecule has 0 amide bonds. The van der Waals surface area contributed by atoms with Crippen molar-refractivity contribution in [3.05, 3.63) is 0 Å². The van der Waals surface area contributed by atoms with Crippen molar-refractivity contribution in [2.75, 3.05) is 26.2 Å². The molecule has 1 atom stereocenters. The number of hydrazine groups is 1. The molecule has 0 aliphatic carbocycles. The number of nitrogens with two attached hydrogens (primary N) is 1. The summed E-state index contributed by atoms with van der Waals surface area (Å²) in [6.45, 7) is 8.67. The number of aliphatic imine (C=N–C) groups is 1. The molecule has 0 aromatic carbocycles. The lowest BCUT2D eigenvalue weighted by Crippen LogP contribution is -2.59. The Balaban J connectivity index is 1.98. The number of rotatable bonds is 1. The third-order valence-corrected chi connectivity index (χ3v) is 3.65. The minimum Gasteiger partial charge on any atom is -0.339 e. The molecular weight excluding hydrogens is 214 g/mol. The third kappa shape index (κ3) is 3.10. The molecule has 0 aromatic rings. The summed E-state index contributed by atoms with van der Waals surface area (Å²) in [5, 5.41) is 0. The van der Waals surface area contributed by atoms with E-state index in [0.717, 1.165) is 25.6 Å². The molecule has 0 saturated carbocycles. The maximum Gasteiger partial charge on any atom is 0.208 e. The molecule has 98 valence electrons. The number of piperidine rings is 1. The maximum absolute atomic E-state index is 5.58. The molecule has 5 nitrogen and oxygen atoms in total. The van der Waals surface area contributed by atoms with Crippen molar-refractivity contribution in [2.24, 2.45) is 10.8 Å². The SMILES string of the molecule is CC(C)N=C(NN)N1CCN2CCCCC2C1. The summed E-state index contributed by atoms with van der Waals surface area (Å²) in [6, 6.07) is 0.980. The Labute approximate surface area is 104 Å². The molecule has 2 fully saturated rings. The zero-order chi connectivity index (χ0) is 12.3. The number of guanidine groups is 1. The summed E-state index contributed by atoms with van der Waals surface area (Å²) in [6.07, 6.45) is 4.04. The fourth-order valence-electron chi connectivity index (χ4n) is 2.80. The van der Waals surface area contributed by atoms with E-state index in [1.807, 2.05) is 0 Å². The Bertz CT molecular complexity index is 276. The molecule has 5 heteroatoms. The van der Waals surface area contributed by atoms with Crippen LogP contribution in [0.4, 0.5) is 0 Å². The topological polar surface area (TPSA) is 56.9 Å². The average molecular weight is 239 g/mol. The summed E-state index contributed by atoms with van der Waals surface area (Å²) < 4.78 is 0. The number of nitrogens with one attached hydrogen (secondary N) is 1. The molecule has 1 unspecified atom stereocenters. The van der Waals surface area contributed by atoms with Crippen LogP contribution in [-0.2, 0) is 0 Å². The minimum atomic E-state index is 0.283. The first-order chi connectivity index (χ1) is 8.20. The number of hydrogen-bond acceptors (Lipinski definition) is 3. The molecular formula is C12H25N5. The molecule has 17 heavy (non-hydrogen) atoms. The Kier molecular flexibility index (Phi) is 4.23. The van der Waals surface area contributed by atoms with Crippen molar-refractivity contribution < 1.29 is 0 Å². The lowest BCUT2D eigenvalue weighted by Gasteiger charge is -2.44. The van der Waals surface area contributed by atoms with Gasteiger partial charge in [-0.05, 0) is 33.2 Å². The van der Waals surface area contributed by atoms with E-state index in [9.17, 15) is 0 Å². The van der Waals surface area contributed by atoms with Gasteiger partial charge in [0.1, 0.15) is 0 Å². The summed E-state index contributed by atoms with van der Waals surface area (Å²) >= 11 is 0. The highest BCUT2D eigenvalue weighted by Crippen LogP contribution is 2.21. The van der Waals surface area contributed by atoms with Crippen molar-refractivity contribution in [3.63, 3.8) is 0 Å². The van der Waals surface area contributed by atoms with Crippen LogP contribution in [-0.4, -0.2) is 54.0 Å². The number of nitrogens with zero attached hydrogens (tertiary/aromatic N) is 3. The molecule has 0 spiro atoms. The van der Waals surface area contributed by atoms with Crippen molar-refractivity contribution >= 4 is 5.96 Å². The van der Waals surface area contributed by atoms with Crippen LogP contribution < -0.4 is 11.3 Å². The predicted molar refractivity (Wildman–Crippen MR) is 70.7 cm³/mol. The number of piperazine rings is 1. The summed E-state index contributed by atoms with van der Waals surface area (Å²) in [7, 11) is 0. The van der Waals surface area contributed by atoms with Crippen LogP contribution in [0.2, 0.25) is 0 Å². The van der Waals surface area contributed by atoms with Crippen LogP contribution in [0, 0.1) is 0 Å². The molecule has 0 radical (unpaired) electrons. The fourth-order valence-corrected chi connectivity index (χ4v) is 2.80. The van der Waals surface area contributed by atoms with Gasteiger partial charge in [0.15, 0.2) is 0 Å². The van der Waals surface area contributed by atoms with Crippen molar-refractivity contribution in [1.82, 2.24) is 15.2 Å². The van der Waals surface area contributed by atoms with Crippen molar-refractivity contribution in [1.29, 1.82) is 0 Å². The van der Waals surface area contributed by atoms with Gasteiger partial charge in [-0.1, -0.05) is 6.42 Å². The average Bonchev–Trinajstić information content (AvgIpc) is 2.35. The van der Waals surface area contributed by atoms with Gasteiger partial charge in [0.25, 0.3) is 0 Å². The van der Waals surface area contributed by atoms with Gasteiger partial charge in [-0.15, -0.1) is 0 Å². The largest absolute Gasteiger partial charge is 0.339 e. The first kappa shape index (κ1) is 12.6. The third-order valence-electron chi connectivity index (χ3n) is 3.65. The van der Waals surface area contributed by atoms with E-state index in [-0.39, 0.29) is 6.04 Å². The van der Waals surface area contributed by atoms with E-state index in [4.69, 9.17) is 5.84 Å². The van der Waals surface area contributed by atoms with E-state index >= 15 is 0 Å². The monoisotopic (exact) mass is 239 g/mol. The van der Waals surface area contributed by atoms with Gasteiger partial charge in [0.05, 0.1) is 0 Å². The van der Waals surface area contributed by atoms with Crippen molar-refractivity contribution in [3.8, 4) is 0 Å². The van der Waals surface area contributed by atoms with Crippen LogP contribution in [0.25, 0.3) is 0 Å². The van der Waals surface area contributed by atoms with E-state index in [2.05, 4.69) is 34.1 Å². The lowest BCUT2D eigenvalue weighted by molar-refractivity contribution is 0.0785. The van der Waals surface area contributed by atoms with E-state index in [1.54, 1.807) is 0 Å². The fraction of sp³-hybridized carbons (Fsp3) is 0.917. The van der Waals surface area contributed by atoms with Crippen LogP contribution in [0.3, 0.4) is 0 Å². The van der Waals surface area contributed by atoms with Crippen LogP contribution >= 0.6 is 0 Å². The molecule has 3 N–H and O–H groups in total. The Morgan fingerprint density at radius 3 is 2.82 bits per heavy atom. The van der Waals surface area contributed by atoms with Crippen LogP contribution in [0.15, 0.2) is 4.99 Å². The summed E-state index contributed by atoms with van der Waals surface area (Å²) in [5.74, 6) is 6.44. The molecule has 2 aliphatic rings. The molecule has 2 rings (SSSR count). The normalized spacial score (nSPS) is 27.2. The maximum atomic E-state index is 5.58. The van der Waals surface area contributed by atoms with Gasteiger partial charge >= 0.3 is 0 Å². The van der Waals surface area contributed by atoms with Gasteiger partial charge in [-0.2, -0.15) is 0 Å². The summed E-state index contributed by atoms with van der Waals surface area (Å²) in [5.41, 5.74) is 2.76. The van der Waals surface area contributed by atoms with Gasteiger partial charge in [0.2, 0.25) is 5.96 Å². The van der Waals surface area contributed by atoms with E-state index < -0.39 is 0 Å². The molecule has 0 bridgehead atoms. The second-order valence-electron chi connectivity index (χ2n) is 5.32. The first-order valence-corrected chi connectivity index (χ1v) is 6.74. The van der Waals surface area contributed by atoms with E-state index in [0.29, 0.717) is 6.04 Å². The highest BCUT2D eigenvalue weighted by molar-refractivity contribution is 5.79. The van der Waals surface area contributed by atoms with E-state index in [1.165, 1.54) is 25.8 Å². The zero-order valence-electron chi connectivity index (χ0n) is 11.0. The van der Waals surface area contributed by atoms with Crippen LogP contribution in [0.5, 0.6) is 0 Å². The molecule has 2 heterocycles.